The molecule has 21 heavy (non-hydrogen) atoms. The molecule has 0 bridgehead atoms. The van der Waals surface area contributed by atoms with Crippen molar-refractivity contribution in [2.24, 2.45) is 0 Å². The van der Waals surface area contributed by atoms with Crippen LogP contribution in [0.5, 0.6) is 0 Å². The van der Waals surface area contributed by atoms with Gasteiger partial charge < -0.3 is 10.1 Å². The molecule has 1 aromatic carbocycles. The van der Waals surface area contributed by atoms with Crippen molar-refractivity contribution in [2.75, 3.05) is 19.8 Å². The van der Waals surface area contributed by atoms with Gasteiger partial charge in [-0.3, -0.25) is 0 Å². The Morgan fingerprint density at radius 3 is 2.62 bits per heavy atom. The molecule has 0 saturated heterocycles. The highest BCUT2D eigenvalue weighted by Gasteiger charge is 2.15. The standard InChI is InChI=1S/C15H26N2O3S/c1-4-16-10-14-7-6-8-15(9-14)12-21(18,19)17-13(3)11-20-5-2/h6-9,13,16-17H,4-5,10-12H2,1-3H3. The average molecular weight is 314 g/mol. The van der Waals surface area contributed by atoms with Crippen molar-refractivity contribution in [1.82, 2.24) is 10.0 Å². The van der Waals surface area contributed by atoms with Crippen LogP contribution in [0.15, 0.2) is 24.3 Å². The fraction of sp³-hybridized carbons (Fsp3) is 0.600. The van der Waals surface area contributed by atoms with Crippen LogP contribution >= 0.6 is 0 Å². The van der Waals surface area contributed by atoms with E-state index in [1.807, 2.05) is 38.1 Å². The molecule has 0 heterocycles. The first kappa shape index (κ1) is 18.1. The molecule has 5 nitrogen and oxygen atoms in total. The van der Waals surface area contributed by atoms with E-state index >= 15 is 0 Å². The molecule has 0 spiro atoms. The fourth-order valence-corrected chi connectivity index (χ4v) is 3.38. The smallest absolute Gasteiger partial charge is 0.216 e. The molecule has 0 amide bonds. The van der Waals surface area contributed by atoms with E-state index in [4.69, 9.17) is 4.74 Å². The largest absolute Gasteiger partial charge is 0.380 e. The molecule has 0 aromatic heterocycles. The van der Waals surface area contributed by atoms with Crippen molar-refractivity contribution in [3.05, 3.63) is 35.4 Å². The van der Waals surface area contributed by atoms with Gasteiger partial charge in [-0.05, 0) is 31.5 Å². The van der Waals surface area contributed by atoms with E-state index in [0.717, 1.165) is 24.2 Å². The van der Waals surface area contributed by atoms with Crippen LogP contribution < -0.4 is 10.0 Å². The van der Waals surface area contributed by atoms with Crippen LogP contribution in [-0.4, -0.2) is 34.2 Å². The Balaban J connectivity index is 2.62. The lowest BCUT2D eigenvalue weighted by Gasteiger charge is -2.14. The third kappa shape index (κ3) is 7.57. The number of rotatable bonds is 10. The summed E-state index contributed by atoms with van der Waals surface area (Å²) in [4.78, 5) is 0. The van der Waals surface area contributed by atoms with Gasteiger partial charge in [0.15, 0.2) is 0 Å². The van der Waals surface area contributed by atoms with Crippen LogP contribution in [0.1, 0.15) is 31.9 Å². The molecule has 0 fully saturated rings. The molecule has 6 heteroatoms. The highest BCUT2D eigenvalue weighted by molar-refractivity contribution is 7.88. The number of hydrogen-bond acceptors (Lipinski definition) is 4. The normalized spacial score (nSPS) is 13.3. The number of nitrogens with one attached hydrogen (secondary N) is 2. The fourth-order valence-electron chi connectivity index (χ4n) is 1.99. The van der Waals surface area contributed by atoms with Gasteiger partial charge in [0.2, 0.25) is 10.0 Å². The summed E-state index contributed by atoms with van der Waals surface area (Å²) < 4.78 is 32.1. The summed E-state index contributed by atoms with van der Waals surface area (Å²) >= 11 is 0. The van der Waals surface area contributed by atoms with Gasteiger partial charge in [0.05, 0.1) is 12.4 Å². The van der Waals surface area contributed by atoms with Gasteiger partial charge >= 0.3 is 0 Å². The number of benzene rings is 1. The van der Waals surface area contributed by atoms with Crippen LogP contribution in [0, 0.1) is 0 Å². The van der Waals surface area contributed by atoms with Gasteiger partial charge in [-0.2, -0.15) is 0 Å². The first-order valence-electron chi connectivity index (χ1n) is 7.33. The van der Waals surface area contributed by atoms with Gasteiger partial charge in [-0.25, -0.2) is 13.1 Å². The highest BCUT2D eigenvalue weighted by atomic mass is 32.2. The van der Waals surface area contributed by atoms with Crippen molar-refractivity contribution in [2.45, 2.75) is 39.1 Å². The number of ether oxygens (including phenoxy) is 1. The van der Waals surface area contributed by atoms with Crippen molar-refractivity contribution in [1.29, 1.82) is 0 Å². The Kier molecular flexibility index (Phi) is 7.88. The summed E-state index contributed by atoms with van der Waals surface area (Å²) in [6, 6.07) is 7.42. The van der Waals surface area contributed by atoms with E-state index in [0.29, 0.717) is 13.2 Å². The lowest BCUT2D eigenvalue weighted by molar-refractivity contribution is 0.133. The molecule has 0 aliphatic carbocycles. The predicted octanol–water partition coefficient (Wildman–Crippen LogP) is 1.64. The topological polar surface area (TPSA) is 67.4 Å². The molecule has 1 unspecified atom stereocenters. The SMILES string of the molecule is CCNCc1cccc(CS(=O)(=O)NC(C)COCC)c1. The molecule has 1 rings (SSSR count). The monoisotopic (exact) mass is 314 g/mol. The Hall–Kier alpha value is -0.950. The van der Waals surface area contributed by atoms with Gasteiger partial charge in [-0.1, -0.05) is 31.2 Å². The predicted molar refractivity (Wildman–Crippen MR) is 85.5 cm³/mol. The molecule has 0 aliphatic heterocycles. The molecule has 0 aliphatic rings. The summed E-state index contributed by atoms with van der Waals surface area (Å²) in [7, 11) is -3.35. The second-order valence-corrected chi connectivity index (χ2v) is 6.79. The molecule has 0 saturated carbocycles. The Labute approximate surface area is 128 Å². The Morgan fingerprint density at radius 2 is 1.95 bits per heavy atom. The third-order valence-corrected chi connectivity index (χ3v) is 4.35. The summed E-state index contributed by atoms with van der Waals surface area (Å²) in [5.74, 6) is -0.0105. The first-order chi connectivity index (χ1) is 9.96. The minimum Gasteiger partial charge on any atom is -0.380 e. The average Bonchev–Trinajstić information content (AvgIpc) is 2.42. The van der Waals surface area contributed by atoms with Crippen LogP contribution in [0.3, 0.4) is 0 Å². The lowest BCUT2D eigenvalue weighted by Crippen LogP contribution is -2.36. The second kappa shape index (κ2) is 9.15. The van der Waals surface area contributed by atoms with Crippen molar-refractivity contribution in [3.63, 3.8) is 0 Å². The molecule has 0 radical (unpaired) electrons. The van der Waals surface area contributed by atoms with E-state index in [-0.39, 0.29) is 11.8 Å². The zero-order valence-corrected chi connectivity index (χ0v) is 13.9. The van der Waals surface area contributed by atoms with E-state index in [1.165, 1.54) is 0 Å². The molecular formula is C15H26N2O3S. The quantitative estimate of drug-likeness (QED) is 0.689. The summed E-state index contributed by atoms with van der Waals surface area (Å²) in [5.41, 5.74) is 1.88. The van der Waals surface area contributed by atoms with E-state index in [9.17, 15) is 8.42 Å². The van der Waals surface area contributed by atoms with Crippen molar-refractivity contribution in [3.8, 4) is 0 Å². The summed E-state index contributed by atoms with van der Waals surface area (Å²) in [6.07, 6.45) is 0. The van der Waals surface area contributed by atoms with E-state index in [1.54, 1.807) is 6.92 Å². The lowest BCUT2D eigenvalue weighted by atomic mass is 10.1. The number of sulfonamides is 1. The minimum absolute atomic E-state index is 0.0105. The first-order valence-corrected chi connectivity index (χ1v) is 8.98. The number of hydrogen-bond donors (Lipinski definition) is 2. The van der Waals surface area contributed by atoms with Gasteiger partial charge in [0, 0.05) is 19.2 Å². The van der Waals surface area contributed by atoms with Crippen LogP contribution in [-0.2, 0) is 27.1 Å². The summed E-state index contributed by atoms with van der Waals surface area (Å²) in [5, 5.41) is 3.23. The van der Waals surface area contributed by atoms with Crippen molar-refractivity contribution >= 4 is 10.0 Å². The van der Waals surface area contributed by atoms with Gasteiger partial charge in [-0.15, -0.1) is 0 Å². The molecule has 2 N–H and O–H groups in total. The maximum atomic E-state index is 12.1. The summed E-state index contributed by atoms with van der Waals surface area (Å²) in [6.45, 7) is 8.33. The van der Waals surface area contributed by atoms with Crippen molar-refractivity contribution < 1.29 is 13.2 Å². The Bertz CT molecular complexity index is 517. The zero-order chi connectivity index (χ0) is 15.7. The third-order valence-electron chi connectivity index (χ3n) is 2.88. The van der Waals surface area contributed by atoms with E-state index < -0.39 is 10.0 Å². The van der Waals surface area contributed by atoms with Crippen LogP contribution in [0.2, 0.25) is 0 Å². The van der Waals surface area contributed by atoms with Crippen LogP contribution in [0.4, 0.5) is 0 Å². The van der Waals surface area contributed by atoms with Gasteiger partial charge in [0.25, 0.3) is 0 Å². The second-order valence-electron chi connectivity index (χ2n) is 5.04. The zero-order valence-electron chi connectivity index (χ0n) is 13.1. The van der Waals surface area contributed by atoms with Gasteiger partial charge in [0.1, 0.15) is 0 Å². The molecular weight excluding hydrogens is 288 g/mol. The highest BCUT2D eigenvalue weighted by Crippen LogP contribution is 2.09. The maximum Gasteiger partial charge on any atom is 0.216 e. The van der Waals surface area contributed by atoms with Crippen LogP contribution in [0.25, 0.3) is 0 Å². The molecule has 1 atom stereocenters. The molecule has 1 aromatic rings. The molecule has 120 valence electrons. The minimum atomic E-state index is -3.35. The maximum absolute atomic E-state index is 12.1. The Morgan fingerprint density at radius 1 is 1.24 bits per heavy atom. The van der Waals surface area contributed by atoms with E-state index in [2.05, 4.69) is 10.0 Å².